The number of carbonyl (C=O) groups is 1. The van der Waals surface area contributed by atoms with E-state index in [1.54, 1.807) is 12.1 Å². The Labute approximate surface area is 176 Å². The lowest BCUT2D eigenvalue weighted by Gasteiger charge is -2.13. The number of esters is 1. The van der Waals surface area contributed by atoms with Gasteiger partial charge < -0.3 is 4.74 Å². The van der Waals surface area contributed by atoms with Crippen molar-refractivity contribution in [2.75, 3.05) is 0 Å². The molecule has 1 aromatic carbocycles. The normalized spacial score (nSPS) is 11.9. The van der Waals surface area contributed by atoms with Crippen molar-refractivity contribution in [3.8, 4) is 5.75 Å². The number of hydrogen-bond donors (Lipinski definition) is 0. The maximum absolute atomic E-state index is 12.0. The van der Waals surface area contributed by atoms with Gasteiger partial charge in [-0.05, 0) is 49.8 Å². The third-order valence-corrected chi connectivity index (χ3v) is 5.31. The molecule has 0 aliphatic rings. The molecule has 0 bridgehead atoms. The first-order valence-electron chi connectivity index (χ1n) is 11.3. The molecule has 1 atom stereocenters. The molecule has 0 saturated heterocycles. The first-order valence-corrected chi connectivity index (χ1v) is 11.3. The fraction of sp³-hybridized carbons (Fsp3) is 0.560. The van der Waals surface area contributed by atoms with Crippen LogP contribution in [0.3, 0.4) is 0 Å². The van der Waals surface area contributed by atoms with Gasteiger partial charge in [-0.3, -0.25) is 4.79 Å². The van der Waals surface area contributed by atoms with Crippen molar-refractivity contribution in [3.05, 3.63) is 54.1 Å². The molecule has 0 fully saturated rings. The molecule has 0 aliphatic heterocycles. The van der Waals surface area contributed by atoms with Gasteiger partial charge in [0.05, 0.1) is 0 Å². The van der Waals surface area contributed by atoms with E-state index >= 15 is 0 Å². The minimum absolute atomic E-state index is 0.179. The number of nitrogens with zero attached hydrogens (tertiary/aromatic N) is 2. The molecule has 2 aromatic rings. The van der Waals surface area contributed by atoms with Gasteiger partial charge >= 0.3 is 5.97 Å². The molecule has 0 amide bonds. The van der Waals surface area contributed by atoms with E-state index in [4.69, 9.17) is 4.74 Å². The summed E-state index contributed by atoms with van der Waals surface area (Å²) >= 11 is 0. The Hall–Kier alpha value is -2.23. The van der Waals surface area contributed by atoms with Gasteiger partial charge in [-0.2, -0.15) is 0 Å². The van der Waals surface area contributed by atoms with Crippen molar-refractivity contribution in [1.82, 2.24) is 9.97 Å². The zero-order valence-corrected chi connectivity index (χ0v) is 18.1. The highest BCUT2D eigenvalue weighted by Gasteiger charge is 2.14. The predicted molar refractivity (Wildman–Crippen MR) is 118 cm³/mol. The van der Waals surface area contributed by atoms with Crippen LogP contribution in [0.1, 0.15) is 95.4 Å². The van der Waals surface area contributed by atoms with Crippen LogP contribution >= 0.6 is 0 Å². The number of aromatic nitrogens is 2. The summed E-state index contributed by atoms with van der Waals surface area (Å²) in [7, 11) is 0. The summed E-state index contributed by atoms with van der Waals surface area (Å²) in [6.45, 7) is 4.40. The van der Waals surface area contributed by atoms with Crippen LogP contribution in [0.4, 0.5) is 0 Å². The second-order valence-corrected chi connectivity index (χ2v) is 7.75. The van der Waals surface area contributed by atoms with Crippen molar-refractivity contribution in [1.29, 1.82) is 0 Å². The minimum Gasteiger partial charge on any atom is -0.427 e. The fourth-order valence-electron chi connectivity index (χ4n) is 3.49. The molecule has 2 rings (SSSR count). The van der Waals surface area contributed by atoms with Gasteiger partial charge in [0.2, 0.25) is 0 Å². The molecule has 0 spiro atoms. The molecule has 0 radical (unpaired) electrons. The number of ether oxygens (including phenoxy) is 1. The first-order chi connectivity index (χ1) is 14.2. The maximum Gasteiger partial charge on any atom is 0.311 e. The summed E-state index contributed by atoms with van der Waals surface area (Å²) in [5, 5.41) is 0. The number of carbonyl (C=O) groups excluding carboxylic acids is 1. The maximum atomic E-state index is 12.0. The van der Waals surface area contributed by atoms with E-state index in [-0.39, 0.29) is 5.97 Å². The van der Waals surface area contributed by atoms with E-state index in [1.165, 1.54) is 44.1 Å². The summed E-state index contributed by atoms with van der Waals surface area (Å²) < 4.78 is 5.35. The van der Waals surface area contributed by atoms with Crippen LogP contribution < -0.4 is 4.74 Å². The summed E-state index contributed by atoms with van der Waals surface area (Å²) in [5.41, 5.74) is 1.23. The second kappa shape index (κ2) is 13.9. The third kappa shape index (κ3) is 9.21. The van der Waals surface area contributed by atoms with Crippen LogP contribution in [-0.4, -0.2) is 15.9 Å². The molecule has 1 aromatic heterocycles. The quantitative estimate of drug-likeness (QED) is 0.204. The second-order valence-electron chi connectivity index (χ2n) is 7.75. The zero-order chi connectivity index (χ0) is 20.7. The van der Waals surface area contributed by atoms with E-state index in [1.807, 2.05) is 30.6 Å². The molecular formula is C25H36N2O2. The van der Waals surface area contributed by atoms with E-state index in [0.717, 1.165) is 31.5 Å². The Bertz CT molecular complexity index is 686. The number of para-hydroxylation sites is 1. The molecule has 4 nitrogen and oxygen atoms in total. The van der Waals surface area contributed by atoms with E-state index < -0.39 is 0 Å². The SMILES string of the molecule is CCCCCCCCc1cnc(C(CC)CCCC(=O)Oc2ccccc2)nc1. The third-order valence-electron chi connectivity index (χ3n) is 5.31. The number of aryl methyl sites for hydroxylation is 1. The van der Waals surface area contributed by atoms with E-state index in [2.05, 4.69) is 23.8 Å². The predicted octanol–water partition coefficient (Wildman–Crippen LogP) is 6.65. The van der Waals surface area contributed by atoms with Gasteiger partial charge in [0.15, 0.2) is 0 Å². The average molecular weight is 397 g/mol. The lowest BCUT2D eigenvalue weighted by atomic mass is 9.98. The average Bonchev–Trinajstić information content (AvgIpc) is 2.75. The lowest BCUT2D eigenvalue weighted by Crippen LogP contribution is -2.09. The van der Waals surface area contributed by atoms with Gasteiger partial charge in [-0.25, -0.2) is 9.97 Å². The van der Waals surface area contributed by atoms with Crippen molar-refractivity contribution in [3.63, 3.8) is 0 Å². The minimum atomic E-state index is -0.179. The smallest absolute Gasteiger partial charge is 0.311 e. The van der Waals surface area contributed by atoms with Crippen LogP contribution in [0, 0.1) is 0 Å². The summed E-state index contributed by atoms with van der Waals surface area (Å²) in [6, 6.07) is 9.23. The van der Waals surface area contributed by atoms with Gasteiger partial charge in [-0.1, -0.05) is 64.2 Å². The molecule has 0 aliphatic carbocycles. The van der Waals surface area contributed by atoms with E-state index in [0.29, 0.717) is 18.1 Å². The molecule has 158 valence electrons. The number of benzene rings is 1. The highest BCUT2D eigenvalue weighted by Crippen LogP contribution is 2.23. The van der Waals surface area contributed by atoms with Crippen LogP contribution in [0.25, 0.3) is 0 Å². The van der Waals surface area contributed by atoms with Crippen LogP contribution in [-0.2, 0) is 11.2 Å². The highest BCUT2D eigenvalue weighted by molar-refractivity contribution is 5.72. The molecule has 29 heavy (non-hydrogen) atoms. The molecule has 1 heterocycles. The van der Waals surface area contributed by atoms with Gasteiger partial charge in [0, 0.05) is 24.7 Å². The molecule has 1 unspecified atom stereocenters. The number of unbranched alkanes of at least 4 members (excludes halogenated alkanes) is 5. The summed E-state index contributed by atoms with van der Waals surface area (Å²) in [4.78, 5) is 21.2. The van der Waals surface area contributed by atoms with Crippen molar-refractivity contribution in [2.45, 2.75) is 90.4 Å². The zero-order valence-electron chi connectivity index (χ0n) is 18.1. The summed E-state index contributed by atoms with van der Waals surface area (Å²) in [6.07, 6.45) is 15.9. The molecule has 0 N–H and O–H groups in total. The van der Waals surface area contributed by atoms with Crippen molar-refractivity contribution < 1.29 is 9.53 Å². The van der Waals surface area contributed by atoms with Gasteiger partial charge in [0.25, 0.3) is 0 Å². The molecular weight excluding hydrogens is 360 g/mol. The Balaban J connectivity index is 1.69. The van der Waals surface area contributed by atoms with Crippen LogP contribution in [0.5, 0.6) is 5.75 Å². The Kier molecular flexibility index (Phi) is 11.0. The molecule has 0 saturated carbocycles. The van der Waals surface area contributed by atoms with Crippen molar-refractivity contribution in [2.24, 2.45) is 0 Å². The van der Waals surface area contributed by atoms with Crippen molar-refractivity contribution >= 4 is 5.97 Å². The Morgan fingerprint density at radius 3 is 2.31 bits per heavy atom. The fourth-order valence-corrected chi connectivity index (χ4v) is 3.49. The van der Waals surface area contributed by atoms with Gasteiger partial charge in [0.1, 0.15) is 11.6 Å². The first kappa shape index (κ1) is 23.1. The largest absolute Gasteiger partial charge is 0.427 e. The molecule has 4 heteroatoms. The number of hydrogen-bond acceptors (Lipinski definition) is 4. The van der Waals surface area contributed by atoms with Crippen LogP contribution in [0.15, 0.2) is 42.7 Å². The topological polar surface area (TPSA) is 52.1 Å². The number of rotatable bonds is 14. The lowest BCUT2D eigenvalue weighted by molar-refractivity contribution is -0.134. The van der Waals surface area contributed by atoms with Gasteiger partial charge in [-0.15, -0.1) is 0 Å². The highest BCUT2D eigenvalue weighted by atomic mass is 16.5. The van der Waals surface area contributed by atoms with Crippen LogP contribution in [0.2, 0.25) is 0 Å². The Morgan fingerprint density at radius 1 is 0.931 bits per heavy atom. The Morgan fingerprint density at radius 2 is 1.62 bits per heavy atom. The standard InChI is InChI=1S/C25H36N2O2/c1-3-5-6-7-8-10-14-21-19-26-25(27-20-21)22(4-2)15-13-18-24(28)29-23-16-11-9-12-17-23/h9,11-12,16-17,19-20,22H,3-8,10,13-15,18H2,1-2H3. The monoisotopic (exact) mass is 396 g/mol. The van der Waals surface area contributed by atoms with E-state index in [9.17, 15) is 4.79 Å². The summed E-state index contributed by atoms with van der Waals surface area (Å²) in [5.74, 6) is 1.62.